The van der Waals surface area contributed by atoms with Gasteiger partial charge in [-0.2, -0.15) is 9.97 Å². The van der Waals surface area contributed by atoms with Crippen molar-refractivity contribution in [3.05, 3.63) is 216 Å². The monoisotopic (exact) mass is 784 g/mol. The van der Waals surface area contributed by atoms with Gasteiger partial charge in [-0.15, -0.1) is 0 Å². The van der Waals surface area contributed by atoms with Crippen LogP contribution in [0.2, 0.25) is 0 Å². The van der Waals surface area contributed by atoms with Crippen LogP contribution in [0.4, 0.5) is 0 Å². The fourth-order valence-corrected chi connectivity index (χ4v) is 10.7. The summed E-state index contributed by atoms with van der Waals surface area (Å²) in [5.74, 6) is 2.03. The van der Waals surface area contributed by atoms with Crippen molar-refractivity contribution in [2.45, 2.75) is 17.2 Å². The van der Waals surface area contributed by atoms with Gasteiger partial charge in [-0.25, -0.2) is 4.98 Å². The van der Waals surface area contributed by atoms with Crippen molar-refractivity contribution in [2.75, 3.05) is 0 Å². The lowest BCUT2D eigenvalue weighted by Crippen LogP contribution is -2.09. The minimum absolute atomic E-state index is 0.147. The largest absolute Gasteiger partial charge is 0.277 e. The predicted molar refractivity (Wildman–Crippen MR) is 249 cm³/mol. The van der Waals surface area contributed by atoms with Gasteiger partial charge in [-0.05, 0) is 80.4 Å². The lowest BCUT2D eigenvalue weighted by Gasteiger charge is -2.20. The molecule has 0 amide bonds. The molecule has 8 aromatic carbocycles. The fourth-order valence-electron chi connectivity index (χ4n) is 9.15. The third kappa shape index (κ3) is 5.73. The first-order valence-corrected chi connectivity index (χ1v) is 21.3. The van der Waals surface area contributed by atoms with Gasteiger partial charge in [0.25, 0.3) is 0 Å². The van der Waals surface area contributed by atoms with Gasteiger partial charge >= 0.3 is 0 Å². The molecule has 0 N–H and O–H groups in total. The molecular weight excluding hydrogens is 749 g/mol. The fraction of sp³-hybridized carbons (Fsp3) is 0.0364. The van der Waals surface area contributed by atoms with E-state index >= 15 is 0 Å². The van der Waals surface area contributed by atoms with E-state index < -0.39 is 0 Å². The highest BCUT2D eigenvalue weighted by atomic mass is 32.2. The van der Waals surface area contributed by atoms with Crippen LogP contribution in [-0.2, 0) is 0 Å². The summed E-state index contributed by atoms with van der Waals surface area (Å²) in [6, 6.07) is 67.0. The van der Waals surface area contributed by atoms with Crippen molar-refractivity contribution in [2.24, 2.45) is 0 Å². The molecule has 5 heteroatoms. The van der Waals surface area contributed by atoms with E-state index in [-0.39, 0.29) is 5.92 Å². The van der Waals surface area contributed by atoms with Crippen LogP contribution in [0.3, 0.4) is 0 Å². The predicted octanol–water partition coefficient (Wildman–Crippen LogP) is 14.4. The minimum atomic E-state index is 0.147. The number of allylic oxidation sites excluding steroid dienone is 4. The Morgan fingerprint density at radius 1 is 0.483 bits per heavy atom. The minimum Gasteiger partial charge on any atom is -0.277 e. The Balaban J connectivity index is 1.22. The normalized spacial score (nSPS) is 14.6. The van der Waals surface area contributed by atoms with Crippen LogP contribution in [0.1, 0.15) is 23.5 Å². The lowest BCUT2D eigenvalue weighted by atomic mass is 9.84. The van der Waals surface area contributed by atoms with E-state index in [0.717, 1.165) is 34.0 Å². The Kier molecular flexibility index (Phi) is 8.20. The molecule has 1 atom stereocenters. The number of hydrogen-bond donors (Lipinski definition) is 0. The molecule has 1 unspecified atom stereocenters. The molecule has 0 saturated carbocycles. The number of nitrogens with zero attached hydrogens (tertiary/aromatic N) is 4. The first-order chi connectivity index (χ1) is 29.7. The van der Waals surface area contributed by atoms with E-state index in [1.54, 1.807) is 0 Å². The highest BCUT2D eigenvalue weighted by molar-refractivity contribution is 8.03. The maximum atomic E-state index is 5.37. The molecule has 1 aliphatic heterocycles. The lowest BCUT2D eigenvalue weighted by molar-refractivity contribution is 0.840. The molecule has 282 valence electrons. The van der Waals surface area contributed by atoms with E-state index in [1.807, 2.05) is 48.2 Å². The summed E-state index contributed by atoms with van der Waals surface area (Å²) < 4.78 is 2.34. The summed E-state index contributed by atoms with van der Waals surface area (Å²) in [4.78, 5) is 18.5. The summed E-state index contributed by atoms with van der Waals surface area (Å²) in [6.07, 6.45) is 5.60. The second-order valence-corrected chi connectivity index (χ2v) is 16.6. The Bertz CT molecular complexity index is 3300. The number of benzene rings is 8. The maximum absolute atomic E-state index is 5.37. The smallest absolute Gasteiger partial charge is 0.238 e. The van der Waals surface area contributed by atoms with Crippen molar-refractivity contribution < 1.29 is 0 Å². The van der Waals surface area contributed by atoms with Crippen LogP contribution in [0.5, 0.6) is 0 Å². The van der Waals surface area contributed by atoms with E-state index in [4.69, 9.17) is 15.0 Å². The van der Waals surface area contributed by atoms with Crippen LogP contribution in [-0.4, -0.2) is 19.5 Å². The van der Waals surface area contributed by atoms with Crippen LogP contribution in [0.25, 0.3) is 89.1 Å². The standard InChI is InChI=1S/C55H36N4S/c1-5-16-35(17-6-1)41-30-31-48-46(33-41)47-34-45(42-29-28-36-18-13-14-25-40(36)32-42)52-49(44-27-15-26-43(51(44)60-52)37-19-7-2-8-20-37)50(47)59(48)55-57-53(38-21-9-3-10-22-38)56-54(58-55)39-23-11-4-12-24-39/h1-26,28-34,44H,27H2. The molecule has 0 fully saturated rings. The molecule has 60 heavy (non-hydrogen) atoms. The zero-order valence-electron chi connectivity index (χ0n) is 32.5. The molecule has 0 saturated heterocycles. The van der Waals surface area contributed by atoms with Crippen molar-refractivity contribution in [1.29, 1.82) is 0 Å². The summed E-state index contributed by atoms with van der Waals surface area (Å²) in [5, 5.41) is 4.82. The average molecular weight is 785 g/mol. The van der Waals surface area contributed by atoms with E-state index in [9.17, 15) is 0 Å². The number of aromatic nitrogens is 4. The van der Waals surface area contributed by atoms with Gasteiger partial charge in [0.05, 0.1) is 11.0 Å². The van der Waals surface area contributed by atoms with Gasteiger partial charge < -0.3 is 0 Å². The molecule has 0 spiro atoms. The van der Waals surface area contributed by atoms with Crippen LogP contribution >= 0.6 is 11.8 Å². The molecule has 0 radical (unpaired) electrons. The molecule has 10 aromatic rings. The summed E-state index contributed by atoms with van der Waals surface area (Å²) in [5.41, 5.74) is 12.8. The highest BCUT2D eigenvalue weighted by Gasteiger charge is 2.38. The first kappa shape index (κ1) is 34.7. The third-order valence-electron chi connectivity index (χ3n) is 12.0. The Hall–Kier alpha value is -7.34. The molecule has 0 bridgehead atoms. The Labute approximate surface area is 352 Å². The molecule has 2 aliphatic rings. The zero-order chi connectivity index (χ0) is 39.6. The van der Waals surface area contributed by atoms with Crippen LogP contribution in [0, 0.1) is 0 Å². The quantitative estimate of drug-likeness (QED) is 0.168. The van der Waals surface area contributed by atoms with E-state index in [0.29, 0.717) is 17.6 Å². The van der Waals surface area contributed by atoms with Gasteiger partial charge in [-0.3, -0.25) is 4.57 Å². The summed E-state index contributed by atoms with van der Waals surface area (Å²) in [6.45, 7) is 0. The van der Waals surface area contributed by atoms with Gasteiger partial charge in [0.1, 0.15) is 0 Å². The van der Waals surface area contributed by atoms with Crippen molar-refractivity contribution in [3.8, 4) is 51.0 Å². The molecule has 12 rings (SSSR count). The first-order valence-electron chi connectivity index (χ1n) is 20.5. The zero-order valence-corrected chi connectivity index (χ0v) is 33.4. The Morgan fingerprint density at radius 2 is 1.08 bits per heavy atom. The second kappa shape index (κ2) is 14.2. The third-order valence-corrected chi connectivity index (χ3v) is 13.3. The van der Waals surface area contributed by atoms with Crippen molar-refractivity contribution >= 4 is 49.9 Å². The second-order valence-electron chi connectivity index (χ2n) is 15.5. The summed E-state index contributed by atoms with van der Waals surface area (Å²) >= 11 is 1.94. The maximum Gasteiger partial charge on any atom is 0.238 e. The van der Waals surface area contributed by atoms with Gasteiger partial charge in [0, 0.05) is 37.6 Å². The van der Waals surface area contributed by atoms with E-state index in [2.05, 4.69) is 168 Å². The molecule has 3 heterocycles. The Morgan fingerprint density at radius 3 is 1.77 bits per heavy atom. The molecular formula is C55H36N4S. The summed E-state index contributed by atoms with van der Waals surface area (Å²) in [7, 11) is 0. The van der Waals surface area contributed by atoms with E-state index in [1.165, 1.54) is 64.9 Å². The van der Waals surface area contributed by atoms with Crippen LogP contribution < -0.4 is 0 Å². The number of rotatable bonds is 6. The highest BCUT2D eigenvalue weighted by Crippen LogP contribution is 2.60. The molecule has 4 nitrogen and oxygen atoms in total. The van der Waals surface area contributed by atoms with Gasteiger partial charge in [0.2, 0.25) is 5.95 Å². The topological polar surface area (TPSA) is 43.6 Å². The molecule has 1 aliphatic carbocycles. The van der Waals surface area contributed by atoms with Crippen molar-refractivity contribution in [3.63, 3.8) is 0 Å². The van der Waals surface area contributed by atoms with Gasteiger partial charge in [-0.1, -0.05) is 188 Å². The number of thioether (sulfide) groups is 1. The SMILES string of the molecule is C1=CC(c2ccccc2)=C2Sc3c(-c4ccc5ccccc5c4)cc4c5cc(-c6ccccc6)ccc5n(-c5nc(-c6ccccc6)nc(-c6ccccc6)n5)c4c3C2C1. The van der Waals surface area contributed by atoms with Gasteiger partial charge in [0.15, 0.2) is 11.6 Å². The van der Waals surface area contributed by atoms with Crippen molar-refractivity contribution in [1.82, 2.24) is 19.5 Å². The number of fused-ring (bicyclic) bond motifs is 8. The van der Waals surface area contributed by atoms with Crippen LogP contribution in [0.15, 0.2) is 210 Å². The average Bonchev–Trinajstić information content (AvgIpc) is 3.88. The number of hydrogen-bond acceptors (Lipinski definition) is 4. The molecule has 2 aromatic heterocycles.